The van der Waals surface area contributed by atoms with Crippen molar-refractivity contribution in [3.05, 3.63) is 178 Å². The summed E-state index contributed by atoms with van der Waals surface area (Å²) in [6.07, 6.45) is 4.00. The van der Waals surface area contributed by atoms with Crippen LogP contribution in [0.1, 0.15) is 168 Å². The van der Waals surface area contributed by atoms with Gasteiger partial charge in [-0.3, -0.25) is 57.5 Å². The summed E-state index contributed by atoms with van der Waals surface area (Å²) in [5, 5.41) is 44.6. The number of carbonyl (C=O) groups is 16. The number of amides is 10. The van der Waals surface area contributed by atoms with Crippen LogP contribution in [0.3, 0.4) is 0 Å². The SMILES string of the molecule is CC(C)(C)OC(=O)N1CCCC1=O.CCOC(=O)C1CCN(C(=O)OC(C)(C)C)C1=O.CCOC(=O)C1CCN(Cc2ccccc2)C1=O.CCOC(=O)C1CCNC1=O.CCOC(=O)[C@@]1(O)CCN(Cc2ccccc2)C1=O.O=C(CCc1cccc(Br)c1)[C@@]1(O)CCN(Cc2ccccc2)C1=O.O=C(O)[C@@]1(O)CCN(Cc2ccccc2)C1=O.O=C1CCCN1. The van der Waals surface area contributed by atoms with E-state index in [4.69, 9.17) is 33.5 Å². The second-order valence-corrected chi connectivity index (χ2v) is 33.3. The number of hydrogen-bond acceptors (Lipinski definition) is 25. The highest BCUT2D eigenvalue weighted by molar-refractivity contribution is 9.10. The van der Waals surface area contributed by atoms with Crippen molar-refractivity contribution in [2.45, 2.75) is 200 Å². The lowest BCUT2D eigenvalue weighted by atomic mass is 9.92. The number of carboxylic acids is 1. The molecule has 5 aromatic carbocycles. The molecule has 0 aromatic heterocycles. The number of esters is 4. The number of hydrogen-bond donors (Lipinski definition) is 6. The Morgan fingerprint density at radius 2 is 0.843 bits per heavy atom. The second kappa shape index (κ2) is 49.9. The molecule has 10 amide bonds. The molecule has 0 saturated carbocycles. The third-order valence-electron chi connectivity index (χ3n) is 20.4. The smallest absolute Gasteiger partial charge is 0.417 e. The monoisotopic (exact) mass is 1830 g/mol. The van der Waals surface area contributed by atoms with Gasteiger partial charge in [0.05, 0.1) is 26.4 Å². The van der Waals surface area contributed by atoms with Gasteiger partial charge in [-0.1, -0.05) is 149 Å². The minimum Gasteiger partial charge on any atom is -0.479 e. The lowest BCUT2D eigenvalue weighted by Gasteiger charge is -2.23. The lowest BCUT2D eigenvalue weighted by Crippen LogP contribution is -2.47. The number of carbonyl (C=O) groups excluding carboxylic acids is 15. The third kappa shape index (κ3) is 31.9. The maximum absolute atomic E-state index is 12.6. The quantitative estimate of drug-likeness (QED) is 0.0229. The number of aryl methyl sites for hydroxylation is 1. The Morgan fingerprint density at radius 3 is 1.23 bits per heavy atom. The van der Waals surface area contributed by atoms with Crippen molar-refractivity contribution < 1.29 is 126 Å². The number of aliphatic carboxylic acids is 1. The summed E-state index contributed by atoms with van der Waals surface area (Å²) in [5.74, 6) is -8.69. The minimum atomic E-state index is -2.24. The maximum atomic E-state index is 12.6. The van der Waals surface area contributed by atoms with Gasteiger partial charge < -0.3 is 79.1 Å². The van der Waals surface area contributed by atoms with Crippen LogP contribution in [0, 0.1) is 17.8 Å². The highest BCUT2D eigenvalue weighted by atomic mass is 79.9. The predicted molar refractivity (Wildman–Crippen MR) is 462 cm³/mol. The molecule has 3 unspecified atom stereocenters. The molecule has 8 aliphatic heterocycles. The molecule has 0 aliphatic carbocycles. The van der Waals surface area contributed by atoms with Crippen molar-refractivity contribution in [1.29, 1.82) is 0 Å². The van der Waals surface area contributed by atoms with Gasteiger partial charge in [-0.15, -0.1) is 0 Å². The number of rotatable bonds is 21. The highest BCUT2D eigenvalue weighted by Crippen LogP contribution is 2.31. The summed E-state index contributed by atoms with van der Waals surface area (Å²) < 4.78 is 30.3. The zero-order valence-electron chi connectivity index (χ0n) is 73.7. The molecule has 35 heteroatoms. The normalized spacial score (nSPS) is 20.9. The topological polar surface area (TPSA) is 453 Å². The number of carboxylic acid groups (broad SMARTS) is 1. The van der Waals surface area contributed by atoms with Crippen molar-refractivity contribution in [3.63, 3.8) is 0 Å². The molecule has 13 rings (SSSR count). The Kier molecular flexibility index (Phi) is 40.9. The fraction of sp³-hybridized carbons (Fsp3) is 0.500. The van der Waals surface area contributed by atoms with Gasteiger partial charge in [0.1, 0.15) is 29.0 Å². The van der Waals surface area contributed by atoms with Crippen LogP contribution in [-0.4, -0.2) is 252 Å². The molecule has 0 spiro atoms. The van der Waals surface area contributed by atoms with E-state index in [1.807, 2.05) is 146 Å². The van der Waals surface area contributed by atoms with Crippen LogP contribution in [0.15, 0.2) is 150 Å². The molecule has 8 aliphatic rings. The predicted octanol–water partition coefficient (Wildman–Crippen LogP) is 8.12. The van der Waals surface area contributed by atoms with Gasteiger partial charge >= 0.3 is 42.0 Å². The number of ketones is 1. The van der Waals surface area contributed by atoms with Crippen LogP contribution in [0.25, 0.3) is 0 Å². The number of nitrogens with zero attached hydrogens (tertiary/aromatic N) is 6. The fourth-order valence-corrected chi connectivity index (χ4v) is 14.3. The first kappa shape index (κ1) is 104. The number of Topliss-reactive ketones (excluding diaryl/α,β-unsaturated/α-hetero) is 1. The van der Waals surface area contributed by atoms with E-state index in [0.717, 1.165) is 63.0 Å². The van der Waals surface area contributed by atoms with Gasteiger partial charge in [0.2, 0.25) is 46.3 Å². The summed E-state index contributed by atoms with van der Waals surface area (Å²) in [6, 6.07) is 45.8. The van der Waals surface area contributed by atoms with Crippen molar-refractivity contribution in [2.24, 2.45) is 17.8 Å². The largest absolute Gasteiger partial charge is 0.479 e. The van der Waals surface area contributed by atoms with Crippen molar-refractivity contribution in [2.75, 3.05) is 78.8 Å². The van der Waals surface area contributed by atoms with Crippen LogP contribution >= 0.6 is 15.9 Å². The van der Waals surface area contributed by atoms with Crippen LogP contribution < -0.4 is 10.6 Å². The molecule has 34 nitrogen and oxygen atoms in total. The van der Waals surface area contributed by atoms with E-state index in [1.54, 1.807) is 79.0 Å². The summed E-state index contributed by atoms with van der Waals surface area (Å²) in [6.45, 7) is 23.8. The molecule has 6 atom stereocenters. The van der Waals surface area contributed by atoms with Crippen molar-refractivity contribution in [1.82, 2.24) is 40.0 Å². The second-order valence-electron chi connectivity index (χ2n) is 32.4. The molecule has 690 valence electrons. The van der Waals surface area contributed by atoms with Crippen molar-refractivity contribution in [3.8, 4) is 0 Å². The number of benzene rings is 5. The number of ether oxygens (including phenoxy) is 6. The van der Waals surface area contributed by atoms with Crippen LogP contribution in [0.2, 0.25) is 0 Å². The molecule has 0 bridgehead atoms. The van der Waals surface area contributed by atoms with Crippen LogP contribution in [0.4, 0.5) is 9.59 Å². The first-order valence-corrected chi connectivity index (χ1v) is 43.2. The van der Waals surface area contributed by atoms with E-state index >= 15 is 0 Å². The summed E-state index contributed by atoms with van der Waals surface area (Å²) in [4.78, 5) is 193. The van der Waals surface area contributed by atoms with Gasteiger partial charge in [-0.25, -0.2) is 29.0 Å². The van der Waals surface area contributed by atoms with Gasteiger partial charge in [0, 0.05) is 122 Å². The summed E-state index contributed by atoms with van der Waals surface area (Å²) in [7, 11) is 0. The van der Waals surface area contributed by atoms with Crippen molar-refractivity contribution >= 4 is 111 Å². The molecular formula is C92H119BrN8O26. The van der Waals surface area contributed by atoms with E-state index in [1.165, 1.54) is 14.7 Å². The number of imide groups is 2. The van der Waals surface area contributed by atoms with Crippen LogP contribution in [0.5, 0.6) is 0 Å². The number of likely N-dealkylation sites (tertiary alicyclic amines) is 6. The first-order chi connectivity index (χ1) is 60.1. The average molecular weight is 1830 g/mol. The lowest BCUT2D eigenvalue weighted by molar-refractivity contribution is -0.171. The molecule has 6 N–H and O–H groups in total. The van der Waals surface area contributed by atoms with E-state index < -0.39 is 117 Å². The molecule has 127 heavy (non-hydrogen) atoms. The molecule has 8 heterocycles. The van der Waals surface area contributed by atoms with E-state index in [9.17, 15) is 92.0 Å². The maximum Gasteiger partial charge on any atom is 0.417 e. The Hall–Kier alpha value is -11.8. The van der Waals surface area contributed by atoms with E-state index in [0.29, 0.717) is 97.8 Å². The minimum absolute atomic E-state index is 0.0615. The molecular weight excluding hydrogens is 1710 g/mol. The Morgan fingerprint density at radius 1 is 0.433 bits per heavy atom. The Bertz CT molecular complexity index is 4580. The van der Waals surface area contributed by atoms with Gasteiger partial charge in [0.25, 0.3) is 17.7 Å². The molecule has 5 aromatic rings. The van der Waals surface area contributed by atoms with E-state index in [-0.39, 0.29) is 82.0 Å². The Balaban J connectivity index is 0.000000228. The number of nitrogens with one attached hydrogen (secondary N) is 2. The zero-order chi connectivity index (χ0) is 93.8. The zero-order valence-corrected chi connectivity index (χ0v) is 75.3. The standard InChI is InChI=1S/C20H20BrNO3.C14H17NO4.C14H17NO3.C12H19NO5.C12H13NO4.C9H15NO3.C7H11NO3.C4H7NO/c21-17-8-4-7-15(13-17)9-10-18(23)20(25)11-12-22(19(20)24)14-16-5-2-1-3-6-16;1-2-19-13(17)14(18)8-9-15(12(14)16)10-11-6-4-3-5-7-11;1-2-18-14(17)12-8-9-15(13(12)16)10-11-6-4-3-5-7-11;1-5-17-10(15)8-6-7-13(9(8)14)11(16)18-12(2,3)4;14-10-12(17,11(15)16)6-7-13(10)8-9-4-2-1-3-5-9;1-9(2,3)13-8(12)10-6-4-5-7(10)11;1-2-11-7(10)5-3-4-8-6(5)9;6-4-2-1-3-5-4/h1-8,13,25H,9-12,14H2;3-7,18H,2,8-10H2,1H3;3-7,12H,2,8-10H2,1H3;8H,5-7H2,1-4H3;1-5,17H,6-8H2,(H,15,16);4-6H2,1-3H3;5H,2-4H2,1H3,(H,8,9);1-3H2,(H,5,6)/t20-;14-;;;12-;;;/m01..1.../s1. The number of halogens is 1. The fourth-order valence-electron chi connectivity index (χ4n) is 13.8. The van der Waals surface area contributed by atoms with Gasteiger partial charge in [-0.2, -0.15) is 0 Å². The van der Waals surface area contributed by atoms with Crippen LogP contribution in [-0.2, 0) is 128 Å². The average Bonchev–Trinajstić information content (AvgIpc) is 1.67. The molecule has 0 radical (unpaired) electrons. The Labute approximate surface area is 747 Å². The number of aliphatic hydroxyl groups is 3. The highest BCUT2D eigenvalue weighted by Gasteiger charge is 2.54. The van der Waals surface area contributed by atoms with Gasteiger partial charge in [-0.05, 0) is 148 Å². The molecule has 8 fully saturated rings. The summed E-state index contributed by atoms with van der Waals surface area (Å²) in [5.41, 5.74) is -2.38. The van der Waals surface area contributed by atoms with Gasteiger partial charge in [0.15, 0.2) is 5.78 Å². The first-order valence-electron chi connectivity index (χ1n) is 42.4. The third-order valence-corrected chi connectivity index (χ3v) is 20.9. The molecule has 8 saturated heterocycles. The van der Waals surface area contributed by atoms with E-state index in [2.05, 4.69) is 26.6 Å². The summed E-state index contributed by atoms with van der Waals surface area (Å²) >= 11 is 3.40.